The number of aliphatic hydroxyl groups is 1. The molecule has 0 saturated carbocycles. The minimum Gasteiger partial charge on any atom is -0.506 e. The lowest BCUT2D eigenvalue weighted by Crippen LogP contribution is -2.32. The number of fused-ring (bicyclic) bond motifs is 2. The second-order valence-corrected chi connectivity index (χ2v) is 14.7. The number of alkyl halides is 3. The molecule has 2 heterocycles. The fraction of sp³-hybridized carbons (Fsp3) is 0.474. The predicted octanol–water partition coefficient (Wildman–Crippen LogP) is 9.49. The molecule has 5 rings (SSSR count). The number of ketones is 1. The minimum atomic E-state index is -4.46. The Morgan fingerprint density at radius 1 is 0.911 bits per heavy atom. The average Bonchev–Trinajstić information content (AvgIpc) is 3.28. The van der Waals surface area contributed by atoms with Gasteiger partial charge in [0.25, 0.3) is 0 Å². The molecule has 0 unspecified atom stereocenters. The number of halogens is 3. The lowest BCUT2D eigenvalue weighted by atomic mass is 9.77. The molecule has 45 heavy (non-hydrogen) atoms. The maximum absolute atomic E-state index is 13.8. The second kappa shape index (κ2) is 11.3. The van der Waals surface area contributed by atoms with Crippen molar-refractivity contribution in [2.45, 2.75) is 92.2 Å². The van der Waals surface area contributed by atoms with Crippen LogP contribution in [-0.2, 0) is 21.8 Å². The van der Waals surface area contributed by atoms with Gasteiger partial charge in [-0.1, -0.05) is 59.2 Å². The normalized spacial score (nSPS) is 20.7. The Labute approximate surface area is 265 Å². The molecular formula is C38H46F3N2O2+. The van der Waals surface area contributed by atoms with Gasteiger partial charge in [0.15, 0.2) is 5.71 Å². The van der Waals surface area contributed by atoms with E-state index in [-0.39, 0.29) is 28.1 Å². The Morgan fingerprint density at radius 2 is 1.58 bits per heavy atom. The first-order chi connectivity index (χ1) is 20.9. The summed E-state index contributed by atoms with van der Waals surface area (Å²) in [6, 6.07) is 10.3. The molecular weight excluding hydrogens is 573 g/mol. The average molecular weight is 620 g/mol. The fourth-order valence-electron chi connectivity index (χ4n) is 6.80. The highest BCUT2D eigenvalue weighted by molar-refractivity contribution is 6.24. The van der Waals surface area contributed by atoms with Crippen molar-refractivity contribution in [1.29, 1.82) is 0 Å². The summed E-state index contributed by atoms with van der Waals surface area (Å²) >= 11 is 0. The highest BCUT2D eigenvalue weighted by Gasteiger charge is 2.48. The number of benzene rings is 2. The van der Waals surface area contributed by atoms with Crippen LogP contribution in [0.5, 0.6) is 0 Å². The van der Waals surface area contributed by atoms with E-state index >= 15 is 0 Å². The van der Waals surface area contributed by atoms with Crippen molar-refractivity contribution < 1.29 is 27.6 Å². The van der Waals surface area contributed by atoms with Crippen LogP contribution in [0.4, 0.5) is 24.5 Å². The first-order valence-corrected chi connectivity index (χ1v) is 16.0. The maximum Gasteiger partial charge on any atom is 0.416 e. The molecule has 4 nitrogen and oxygen atoms in total. The fourth-order valence-corrected chi connectivity index (χ4v) is 6.80. The molecule has 2 aromatic rings. The van der Waals surface area contributed by atoms with Crippen molar-refractivity contribution in [3.63, 3.8) is 0 Å². The van der Waals surface area contributed by atoms with E-state index in [1.807, 2.05) is 24.5 Å². The van der Waals surface area contributed by atoms with Crippen molar-refractivity contribution in [2.75, 3.05) is 18.0 Å². The van der Waals surface area contributed by atoms with Crippen LogP contribution in [0.1, 0.15) is 90.5 Å². The van der Waals surface area contributed by atoms with Crippen LogP contribution in [0.3, 0.4) is 0 Å². The van der Waals surface area contributed by atoms with E-state index in [2.05, 4.69) is 71.6 Å². The maximum atomic E-state index is 13.8. The smallest absolute Gasteiger partial charge is 0.416 e. The molecule has 7 heteroatoms. The highest BCUT2D eigenvalue weighted by atomic mass is 19.4. The molecule has 240 valence electrons. The van der Waals surface area contributed by atoms with Gasteiger partial charge in [0.1, 0.15) is 12.3 Å². The Kier molecular flexibility index (Phi) is 8.25. The SMILES string of the molecule is Cc1ccc2c(c1)C(C)(C)/C(=C/C1=C(O)C(=C\C3=[N+](CCC(C)C)c4ccc(C(F)(F)F)cc4C3(C)C)/C1=O)N2CCC(C)C. The molecule has 3 aliphatic rings. The molecule has 0 spiro atoms. The second-order valence-electron chi connectivity index (χ2n) is 14.7. The molecule has 0 amide bonds. The molecule has 2 aromatic carbocycles. The van der Waals surface area contributed by atoms with E-state index in [1.54, 1.807) is 6.08 Å². The Morgan fingerprint density at radius 3 is 2.18 bits per heavy atom. The van der Waals surface area contributed by atoms with Gasteiger partial charge < -0.3 is 10.0 Å². The quantitative estimate of drug-likeness (QED) is 0.236. The largest absolute Gasteiger partial charge is 0.506 e. The number of aryl methyl sites for hydroxylation is 1. The minimum absolute atomic E-state index is 0.0710. The van der Waals surface area contributed by atoms with Crippen molar-refractivity contribution in [3.8, 4) is 0 Å². The van der Waals surface area contributed by atoms with E-state index in [9.17, 15) is 23.1 Å². The summed E-state index contributed by atoms with van der Waals surface area (Å²) in [7, 11) is 0. The van der Waals surface area contributed by atoms with Crippen molar-refractivity contribution in [3.05, 3.63) is 93.4 Å². The number of anilines is 1. The molecule has 2 aliphatic heterocycles. The van der Waals surface area contributed by atoms with Gasteiger partial charge in [-0.15, -0.1) is 0 Å². The van der Waals surface area contributed by atoms with E-state index in [1.165, 1.54) is 23.3 Å². The van der Waals surface area contributed by atoms with E-state index in [4.69, 9.17) is 0 Å². The number of hydrogen-bond acceptors (Lipinski definition) is 3. The Bertz CT molecular complexity index is 1680. The summed E-state index contributed by atoms with van der Waals surface area (Å²) in [6.07, 6.45) is 0.869. The van der Waals surface area contributed by atoms with Gasteiger partial charge in [0, 0.05) is 47.5 Å². The highest BCUT2D eigenvalue weighted by Crippen LogP contribution is 2.50. The third-order valence-corrected chi connectivity index (χ3v) is 9.69. The first-order valence-electron chi connectivity index (χ1n) is 16.0. The molecule has 0 fully saturated rings. The molecule has 0 atom stereocenters. The lowest BCUT2D eigenvalue weighted by Gasteiger charge is -2.29. The molecule has 0 saturated heterocycles. The molecule has 0 bridgehead atoms. The van der Waals surface area contributed by atoms with Crippen molar-refractivity contribution in [2.24, 2.45) is 11.8 Å². The summed E-state index contributed by atoms with van der Waals surface area (Å²) in [5.74, 6) is 0.542. The van der Waals surface area contributed by atoms with Gasteiger partial charge in [0.2, 0.25) is 11.5 Å². The lowest BCUT2D eigenvalue weighted by molar-refractivity contribution is -0.439. The zero-order chi connectivity index (χ0) is 33.2. The number of hydrogen-bond donors (Lipinski definition) is 1. The summed E-state index contributed by atoms with van der Waals surface area (Å²) in [6.45, 7) is 20.1. The third kappa shape index (κ3) is 5.68. The predicted molar refractivity (Wildman–Crippen MR) is 176 cm³/mol. The zero-order valence-corrected chi connectivity index (χ0v) is 28.0. The van der Waals surface area contributed by atoms with Crippen LogP contribution in [0, 0.1) is 18.8 Å². The van der Waals surface area contributed by atoms with Gasteiger partial charge >= 0.3 is 6.18 Å². The number of carbonyl (C=O) groups is 1. The van der Waals surface area contributed by atoms with Gasteiger partial charge in [-0.05, 0) is 68.9 Å². The molecule has 1 N–H and O–H groups in total. The van der Waals surface area contributed by atoms with Crippen LogP contribution < -0.4 is 4.90 Å². The number of nitrogens with zero attached hydrogens (tertiary/aromatic N) is 2. The standard InChI is InChI=1S/C38H45F3N2O2/c1-22(2)14-16-42-30-12-10-24(5)18-28(30)36(6,7)32(42)20-26-34(44)27(35(26)45)21-33-37(8,9)29-19-25(38(39,40)41)11-13-31(29)43(33)17-15-23(3)4/h10-13,18-23H,14-17H2,1-9H3/p+1. The van der Waals surface area contributed by atoms with Gasteiger partial charge in [-0.3, -0.25) is 4.79 Å². The van der Waals surface area contributed by atoms with Crippen LogP contribution in [-0.4, -0.2) is 34.3 Å². The Hall–Kier alpha value is -3.61. The van der Waals surface area contributed by atoms with Crippen LogP contribution in [0.15, 0.2) is 71.2 Å². The van der Waals surface area contributed by atoms with E-state index in [0.29, 0.717) is 35.3 Å². The summed E-state index contributed by atoms with van der Waals surface area (Å²) in [5, 5.41) is 11.4. The van der Waals surface area contributed by atoms with Gasteiger partial charge in [-0.25, -0.2) is 0 Å². The van der Waals surface area contributed by atoms with Crippen molar-refractivity contribution in [1.82, 2.24) is 0 Å². The van der Waals surface area contributed by atoms with Crippen LogP contribution in [0.2, 0.25) is 0 Å². The number of carbonyl (C=O) groups excluding carboxylic acids is 1. The topological polar surface area (TPSA) is 43.6 Å². The number of allylic oxidation sites excluding steroid dienone is 5. The van der Waals surface area contributed by atoms with Gasteiger partial charge in [-0.2, -0.15) is 17.7 Å². The van der Waals surface area contributed by atoms with E-state index < -0.39 is 17.2 Å². The zero-order valence-electron chi connectivity index (χ0n) is 28.0. The van der Waals surface area contributed by atoms with E-state index in [0.717, 1.165) is 36.8 Å². The van der Waals surface area contributed by atoms with Crippen LogP contribution >= 0.6 is 0 Å². The number of aliphatic hydroxyl groups excluding tert-OH is 1. The van der Waals surface area contributed by atoms with Gasteiger partial charge in [0.05, 0.1) is 22.1 Å². The number of Topliss-reactive ketones (excluding diaryl/α,β-unsaturated/α-hetero) is 1. The summed E-state index contributed by atoms with van der Waals surface area (Å²) in [4.78, 5) is 16.1. The molecule has 0 radical (unpaired) electrons. The third-order valence-electron chi connectivity index (χ3n) is 9.69. The number of rotatable bonds is 8. The summed E-state index contributed by atoms with van der Waals surface area (Å²) < 4.78 is 43.1. The Balaban J connectivity index is 1.59. The first kappa shape index (κ1) is 32.8. The molecule has 0 aromatic heterocycles. The van der Waals surface area contributed by atoms with Crippen LogP contribution in [0.25, 0.3) is 0 Å². The van der Waals surface area contributed by atoms with Crippen molar-refractivity contribution >= 4 is 22.9 Å². The molecule has 1 aliphatic carbocycles. The monoisotopic (exact) mass is 619 g/mol. The summed E-state index contributed by atoms with van der Waals surface area (Å²) in [5.41, 5.74) is 5.02.